The maximum Gasteiger partial charge on any atom is -1.00 e. The summed E-state index contributed by atoms with van der Waals surface area (Å²) >= 11 is 8.78. The van der Waals surface area contributed by atoms with Crippen molar-refractivity contribution in [1.29, 1.82) is 0 Å². The van der Waals surface area contributed by atoms with Gasteiger partial charge >= 0.3 is 41.9 Å². The molecule has 4 aromatic rings. The number of aryl methyl sites for hydroxylation is 2. The fourth-order valence-corrected chi connectivity index (χ4v) is 4.17. The van der Waals surface area contributed by atoms with E-state index < -0.39 is 0 Å². The Labute approximate surface area is 235 Å². The first-order chi connectivity index (χ1) is 14.1. The van der Waals surface area contributed by atoms with Crippen molar-refractivity contribution >= 4 is 58.8 Å². The molecule has 8 heteroatoms. The van der Waals surface area contributed by atoms with Crippen molar-refractivity contribution in [2.45, 2.75) is 26.9 Å². The van der Waals surface area contributed by atoms with Crippen LogP contribution in [-0.2, 0) is 23.3 Å². The van der Waals surface area contributed by atoms with Crippen LogP contribution in [0.1, 0.15) is 11.1 Å². The van der Waals surface area contributed by atoms with Crippen molar-refractivity contribution in [1.82, 2.24) is 0 Å². The molecule has 4 aromatic carbocycles. The van der Waals surface area contributed by atoms with E-state index in [4.69, 9.17) is 9.47 Å². The number of rotatable bonds is 2. The summed E-state index contributed by atoms with van der Waals surface area (Å²) in [6.45, 7) is 8.81. The minimum atomic E-state index is 0. The molecule has 0 aliphatic rings. The Hall–Kier alpha value is -0.1000. The summed E-state index contributed by atoms with van der Waals surface area (Å²) in [5.74, 6) is 1.79. The molecule has 2 nitrogen and oxygen atoms in total. The molecule has 0 aromatic heterocycles. The minimum Gasteiger partial charge on any atom is -1.00 e. The van der Waals surface area contributed by atoms with Crippen molar-refractivity contribution < 1.29 is 57.6 Å². The largest absolute Gasteiger partial charge is 1.00 e. The van der Waals surface area contributed by atoms with Crippen LogP contribution in [0.5, 0.6) is 11.5 Å². The summed E-state index contributed by atoms with van der Waals surface area (Å²) in [7, 11) is 3.37. The molecule has 0 atom stereocenters. The van der Waals surface area contributed by atoms with Gasteiger partial charge in [0.2, 0.25) is 0 Å². The third kappa shape index (κ3) is 9.27. The molecule has 4 rings (SSSR count). The number of hydrogen-bond acceptors (Lipinski definition) is 2. The van der Waals surface area contributed by atoms with E-state index in [2.05, 4.69) is 83.1 Å². The maximum absolute atomic E-state index is 5.18. The monoisotopic (exact) mass is 692 g/mol. The Morgan fingerprint density at radius 3 is 1.31 bits per heavy atom. The molecule has 172 valence electrons. The zero-order chi connectivity index (χ0) is 22.4. The third-order valence-corrected chi connectivity index (χ3v) is 5.56. The van der Waals surface area contributed by atoms with Gasteiger partial charge in [-0.25, -0.2) is 0 Å². The van der Waals surface area contributed by atoms with E-state index in [1.807, 2.05) is 24.3 Å². The Balaban J connectivity index is 0.000000490. The van der Waals surface area contributed by atoms with Gasteiger partial charge < -0.3 is 34.3 Å². The van der Waals surface area contributed by atoms with Gasteiger partial charge in [0.25, 0.3) is 0 Å². The van der Waals surface area contributed by atoms with Gasteiger partial charge in [-0.3, -0.25) is 0 Å². The van der Waals surface area contributed by atoms with E-state index in [1.165, 1.54) is 32.7 Å². The molecule has 0 amide bonds. The summed E-state index contributed by atoms with van der Waals surface area (Å²) in [6, 6.07) is 16.7. The molecule has 0 radical (unpaired) electrons. The molecule has 32 heavy (non-hydrogen) atoms. The number of halogens is 4. The van der Waals surface area contributed by atoms with Crippen LogP contribution >= 0.6 is 31.9 Å². The Bertz CT molecular complexity index is 1080. The van der Waals surface area contributed by atoms with E-state index in [9.17, 15) is 0 Å². The first-order valence-electron chi connectivity index (χ1n) is 9.47. The second-order valence-corrected chi connectivity index (χ2v) is 18.4. The number of methoxy groups -OCH3 is 2. The zero-order valence-corrected chi connectivity index (χ0v) is 27.1. The van der Waals surface area contributed by atoms with E-state index in [0.29, 0.717) is 0 Å². The molecule has 0 saturated carbocycles. The van der Waals surface area contributed by atoms with Gasteiger partial charge in [-0.05, 0) is 21.1 Å². The standard InChI is InChI=1S/2C11H10BrO.C2H6Si.2ClH.Zr/c2*1-7-3-8-5-9(13-2)6-11(12)10(8)4-7;1-3-2;;;/h2*3-6H,1-2H3;1-2H3;2*1H;/q2*-1;;;;+2/p-2. The number of hydrogen-bond donors (Lipinski definition) is 0. The van der Waals surface area contributed by atoms with Crippen LogP contribution in [0, 0.1) is 13.8 Å². The number of benzene rings is 2. The van der Waals surface area contributed by atoms with Crippen LogP contribution in [0.2, 0.25) is 13.1 Å². The predicted octanol–water partition coefficient (Wildman–Crippen LogP) is 2.07. The van der Waals surface area contributed by atoms with Crippen molar-refractivity contribution in [3.8, 4) is 11.5 Å². The minimum absolute atomic E-state index is 0. The van der Waals surface area contributed by atoms with Gasteiger partial charge in [0.15, 0.2) is 0 Å². The third-order valence-electron chi connectivity index (χ3n) is 4.25. The van der Waals surface area contributed by atoms with Gasteiger partial charge in [-0.1, -0.05) is 57.8 Å². The van der Waals surface area contributed by atoms with Gasteiger partial charge in [0.1, 0.15) is 0 Å². The summed E-state index contributed by atoms with van der Waals surface area (Å²) in [5, 5.41) is 4.95. The van der Waals surface area contributed by atoms with Crippen molar-refractivity contribution in [2.75, 3.05) is 14.2 Å². The quantitative estimate of drug-likeness (QED) is 0.236. The Morgan fingerprint density at radius 2 is 1.03 bits per heavy atom. The second kappa shape index (κ2) is 15.0. The van der Waals surface area contributed by atoms with Gasteiger partial charge in [-0.15, -0.1) is 44.8 Å². The molecular formula is C24H26Br2Cl2O2SiZr-2. The van der Waals surface area contributed by atoms with Gasteiger partial charge in [0, 0.05) is 0 Å². The van der Waals surface area contributed by atoms with Crippen LogP contribution in [0.25, 0.3) is 21.5 Å². The fraction of sp³-hybridized carbons (Fsp3) is 0.250. The van der Waals surface area contributed by atoms with E-state index >= 15 is 0 Å². The summed E-state index contributed by atoms with van der Waals surface area (Å²) in [4.78, 5) is 0. The average Bonchev–Trinajstić information content (AvgIpc) is 3.23. The first kappa shape index (κ1) is 31.9. The molecular weight excluding hydrogens is 670 g/mol. The summed E-state index contributed by atoms with van der Waals surface area (Å²) < 4.78 is 12.5. The van der Waals surface area contributed by atoms with Crippen LogP contribution < -0.4 is 34.3 Å². The zero-order valence-electron chi connectivity index (χ0n) is 18.9. The topological polar surface area (TPSA) is 18.5 Å². The molecule has 0 spiro atoms. The van der Waals surface area contributed by atoms with E-state index in [-0.39, 0.29) is 30.2 Å². The predicted molar refractivity (Wildman–Crippen MR) is 135 cm³/mol. The van der Waals surface area contributed by atoms with E-state index in [1.54, 1.807) is 37.6 Å². The van der Waals surface area contributed by atoms with Crippen LogP contribution in [0.15, 0.2) is 57.5 Å². The van der Waals surface area contributed by atoms with Crippen molar-refractivity contribution in [2.24, 2.45) is 0 Å². The smallest absolute Gasteiger partial charge is 1.00 e. The molecule has 0 fully saturated rings. The summed E-state index contributed by atoms with van der Waals surface area (Å²) in [5.41, 5.74) is 2.77. The Morgan fingerprint density at radius 1 is 0.719 bits per heavy atom. The number of ether oxygens (including phenoxy) is 2. The summed E-state index contributed by atoms with van der Waals surface area (Å²) in [6.07, 6.45) is 0. The average molecular weight is 696 g/mol. The second-order valence-electron chi connectivity index (χ2n) is 7.29. The molecule has 0 bridgehead atoms. The Kier molecular flexibility index (Phi) is 15.0. The molecule has 0 aliphatic heterocycles. The van der Waals surface area contributed by atoms with Crippen LogP contribution in [0.4, 0.5) is 0 Å². The molecule has 0 heterocycles. The van der Waals surface area contributed by atoms with Crippen LogP contribution in [-0.4, -0.2) is 19.7 Å². The maximum atomic E-state index is 5.18. The molecule has 0 N–H and O–H groups in total. The fourth-order valence-electron chi connectivity index (χ4n) is 3.03. The van der Waals surface area contributed by atoms with Crippen molar-refractivity contribution in [3.63, 3.8) is 0 Å². The number of fused-ring (bicyclic) bond motifs is 2. The van der Waals surface area contributed by atoms with Gasteiger partial charge in [0.05, 0.1) is 25.7 Å². The SMILES string of the molecule is COc1cc(Br)c2cc(C)[cH-]c2c1.COc1cc(Br)c2cc(C)[cH-]c2c1.C[Si](C)=[Zr+2].[Cl-].[Cl-]. The van der Waals surface area contributed by atoms with E-state index in [0.717, 1.165) is 20.4 Å². The van der Waals surface area contributed by atoms with Crippen LogP contribution in [0.3, 0.4) is 0 Å². The first-order valence-corrected chi connectivity index (χ1v) is 17.2. The molecule has 0 saturated heterocycles. The molecule has 0 aliphatic carbocycles. The molecule has 0 unspecified atom stereocenters. The normalized spacial score (nSPS) is 9.56. The van der Waals surface area contributed by atoms with Gasteiger partial charge in [-0.2, -0.15) is 12.1 Å². The van der Waals surface area contributed by atoms with Crippen molar-refractivity contribution in [3.05, 3.63) is 68.6 Å².